The Morgan fingerprint density at radius 1 is 1.15 bits per heavy atom. The van der Waals surface area contributed by atoms with Crippen molar-refractivity contribution in [2.24, 2.45) is 0 Å². The van der Waals surface area contributed by atoms with Crippen LogP contribution in [0.1, 0.15) is 17.2 Å². The topological polar surface area (TPSA) is 44.4 Å². The van der Waals surface area contributed by atoms with Gasteiger partial charge in [-0.1, -0.05) is 41.9 Å². The average Bonchev–Trinajstić information content (AvgIpc) is 2.55. The molecule has 0 aliphatic heterocycles. The van der Waals surface area contributed by atoms with Crippen molar-refractivity contribution in [1.82, 2.24) is 10.2 Å². The van der Waals surface area contributed by atoms with Crippen molar-refractivity contribution >= 4 is 23.3 Å². The van der Waals surface area contributed by atoms with Gasteiger partial charge in [-0.25, -0.2) is 4.79 Å². The summed E-state index contributed by atoms with van der Waals surface area (Å²) in [6.07, 6.45) is -4.59. The Hall–Kier alpha value is -2.25. The van der Waals surface area contributed by atoms with Crippen LogP contribution in [0.25, 0.3) is 0 Å². The summed E-state index contributed by atoms with van der Waals surface area (Å²) < 4.78 is 38.8. The van der Waals surface area contributed by atoms with E-state index in [1.165, 1.54) is 6.07 Å². The molecular weight excluding hydrogens is 367 g/mol. The SMILES string of the molecule is CN(C)CC(NC(=O)Nc1ccc(Cl)c(C(F)(F)F)c1)c1ccccc1. The predicted molar refractivity (Wildman–Crippen MR) is 96.3 cm³/mol. The van der Waals surface area contributed by atoms with E-state index >= 15 is 0 Å². The van der Waals surface area contributed by atoms with Crippen LogP contribution in [0.3, 0.4) is 0 Å². The Balaban J connectivity index is 2.13. The van der Waals surface area contributed by atoms with Crippen molar-refractivity contribution in [2.45, 2.75) is 12.2 Å². The molecule has 140 valence electrons. The zero-order valence-electron chi connectivity index (χ0n) is 14.3. The molecule has 0 spiro atoms. The van der Waals surface area contributed by atoms with Crippen molar-refractivity contribution in [1.29, 1.82) is 0 Å². The summed E-state index contributed by atoms with van der Waals surface area (Å²) in [5.74, 6) is 0. The number of rotatable bonds is 5. The highest BCUT2D eigenvalue weighted by Gasteiger charge is 2.33. The molecule has 0 saturated heterocycles. The fraction of sp³-hybridized carbons (Fsp3) is 0.278. The largest absolute Gasteiger partial charge is 0.417 e. The van der Waals surface area contributed by atoms with Gasteiger partial charge in [0.1, 0.15) is 0 Å². The number of benzene rings is 2. The predicted octanol–water partition coefficient (Wildman–Crippen LogP) is 4.78. The van der Waals surface area contributed by atoms with Crippen LogP contribution >= 0.6 is 11.6 Å². The molecule has 0 bridgehead atoms. The second-order valence-corrected chi connectivity index (χ2v) is 6.42. The van der Waals surface area contributed by atoms with Crippen molar-refractivity contribution in [3.8, 4) is 0 Å². The maximum Gasteiger partial charge on any atom is 0.417 e. The van der Waals surface area contributed by atoms with E-state index in [4.69, 9.17) is 11.6 Å². The van der Waals surface area contributed by atoms with Crippen LogP contribution in [0.4, 0.5) is 23.7 Å². The van der Waals surface area contributed by atoms with Gasteiger partial charge in [-0.3, -0.25) is 0 Å². The van der Waals surface area contributed by atoms with E-state index < -0.39 is 22.8 Å². The van der Waals surface area contributed by atoms with Crippen LogP contribution in [0, 0.1) is 0 Å². The molecule has 2 aromatic carbocycles. The summed E-state index contributed by atoms with van der Waals surface area (Å²) in [4.78, 5) is 14.2. The Kier molecular flexibility index (Phi) is 6.50. The normalized spacial score (nSPS) is 12.7. The number of nitrogens with one attached hydrogen (secondary N) is 2. The molecule has 2 amide bonds. The Bertz CT molecular complexity index is 751. The second-order valence-electron chi connectivity index (χ2n) is 6.02. The van der Waals surface area contributed by atoms with Crippen LogP contribution in [-0.4, -0.2) is 31.6 Å². The molecule has 8 heteroatoms. The molecule has 4 nitrogen and oxygen atoms in total. The smallest absolute Gasteiger partial charge is 0.330 e. The summed E-state index contributed by atoms with van der Waals surface area (Å²) in [5, 5.41) is 4.79. The van der Waals surface area contributed by atoms with E-state index in [2.05, 4.69) is 10.6 Å². The summed E-state index contributed by atoms with van der Waals surface area (Å²) >= 11 is 5.59. The molecule has 0 saturated carbocycles. The number of nitrogens with zero attached hydrogens (tertiary/aromatic N) is 1. The third kappa shape index (κ3) is 5.64. The summed E-state index contributed by atoms with van der Waals surface area (Å²) in [5.41, 5.74) is -0.0933. The maximum atomic E-state index is 12.9. The first-order valence-corrected chi connectivity index (χ1v) is 8.18. The highest BCUT2D eigenvalue weighted by Crippen LogP contribution is 2.36. The number of hydrogen-bond donors (Lipinski definition) is 2. The van der Waals surface area contributed by atoms with Gasteiger partial charge < -0.3 is 15.5 Å². The number of alkyl halides is 3. The first-order chi connectivity index (χ1) is 12.2. The number of urea groups is 1. The van der Waals surface area contributed by atoms with Crippen LogP contribution in [-0.2, 0) is 6.18 Å². The first-order valence-electron chi connectivity index (χ1n) is 7.81. The van der Waals surface area contributed by atoms with Crippen LogP contribution in [0.2, 0.25) is 5.02 Å². The molecule has 1 atom stereocenters. The van der Waals surface area contributed by atoms with E-state index in [-0.39, 0.29) is 11.7 Å². The van der Waals surface area contributed by atoms with Crippen molar-refractivity contribution < 1.29 is 18.0 Å². The summed E-state index contributed by atoms with van der Waals surface area (Å²) in [6.45, 7) is 0.534. The van der Waals surface area contributed by atoms with E-state index in [9.17, 15) is 18.0 Å². The first kappa shape index (κ1) is 20.1. The zero-order valence-corrected chi connectivity index (χ0v) is 15.0. The number of anilines is 1. The summed E-state index contributed by atoms with van der Waals surface area (Å²) in [6, 6.07) is 11.6. The van der Waals surface area contributed by atoms with Gasteiger partial charge in [-0.2, -0.15) is 13.2 Å². The summed E-state index contributed by atoms with van der Waals surface area (Å²) in [7, 11) is 3.73. The molecule has 0 aliphatic carbocycles. The van der Waals surface area contributed by atoms with E-state index in [0.29, 0.717) is 6.54 Å². The standard InChI is InChI=1S/C18H19ClF3N3O/c1-25(2)11-16(12-6-4-3-5-7-12)24-17(26)23-13-8-9-15(19)14(10-13)18(20,21)22/h3-10,16H,11H2,1-2H3,(H2,23,24,26). The molecule has 2 rings (SSSR count). The highest BCUT2D eigenvalue weighted by atomic mass is 35.5. The number of carbonyl (C=O) groups is 1. The highest BCUT2D eigenvalue weighted by molar-refractivity contribution is 6.31. The van der Waals surface area contributed by atoms with E-state index in [0.717, 1.165) is 17.7 Å². The Morgan fingerprint density at radius 3 is 2.38 bits per heavy atom. The number of likely N-dealkylation sites (N-methyl/N-ethyl adjacent to an activating group) is 1. The minimum Gasteiger partial charge on any atom is -0.330 e. The van der Waals surface area contributed by atoms with Gasteiger partial charge in [0.2, 0.25) is 0 Å². The molecule has 0 aromatic heterocycles. The Labute approximate surface area is 154 Å². The lowest BCUT2D eigenvalue weighted by Gasteiger charge is -2.23. The molecular formula is C18H19ClF3N3O. The van der Waals surface area contributed by atoms with E-state index in [1.807, 2.05) is 49.3 Å². The lowest BCUT2D eigenvalue weighted by Crippen LogP contribution is -2.37. The second kappa shape index (κ2) is 8.42. The molecule has 2 N–H and O–H groups in total. The molecule has 0 aliphatic rings. The van der Waals surface area contributed by atoms with Gasteiger partial charge >= 0.3 is 12.2 Å². The van der Waals surface area contributed by atoms with Crippen LogP contribution in [0.15, 0.2) is 48.5 Å². The van der Waals surface area contributed by atoms with Crippen molar-refractivity contribution in [2.75, 3.05) is 26.0 Å². The van der Waals surface area contributed by atoms with Crippen LogP contribution in [0.5, 0.6) is 0 Å². The fourth-order valence-corrected chi connectivity index (χ4v) is 2.66. The van der Waals surface area contributed by atoms with Crippen molar-refractivity contribution in [3.05, 3.63) is 64.7 Å². The fourth-order valence-electron chi connectivity index (χ4n) is 2.43. The molecule has 1 unspecified atom stereocenters. The Morgan fingerprint density at radius 2 is 1.81 bits per heavy atom. The number of halogens is 4. The maximum absolute atomic E-state index is 12.9. The third-order valence-electron chi connectivity index (χ3n) is 3.58. The van der Waals surface area contributed by atoms with Gasteiger partial charge in [-0.05, 0) is 37.9 Å². The quantitative estimate of drug-likeness (QED) is 0.777. The minimum absolute atomic E-state index is 0.0101. The van der Waals surface area contributed by atoms with Gasteiger partial charge in [0.15, 0.2) is 0 Å². The van der Waals surface area contributed by atoms with Gasteiger partial charge in [0.25, 0.3) is 0 Å². The molecule has 0 fully saturated rings. The number of amides is 2. The molecule has 2 aromatic rings. The number of hydrogen-bond acceptors (Lipinski definition) is 2. The lowest BCUT2D eigenvalue weighted by molar-refractivity contribution is -0.137. The molecule has 0 radical (unpaired) electrons. The number of carbonyl (C=O) groups excluding carboxylic acids is 1. The van der Waals surface area contributed by atoms with Gasteiger partial charge in [0, 0.05) is 12.2 Å². The lowest BCUT2D eigenvalue weighted by atomic mass is 10.1. The molecule has 26 heavy (non-hydrogen) atoms. The third-order valence-corrected chi connectivity index (χ3v) is 3.91. The van der Waals surface area contributed by atoms with Gasteiger partial charge in [-0.15, -0.1) is 0 Å². The molecule has 0 heterocycles. The average molecular weight is 386 g/mol. The van der Waals surface area contributed by atoms with E-state index in [1.54, 1.807) is 0 Å². The zero-order chi connectivity index (χ0) is 19.3. The van der Waals surface area contributed by atoms with Crippen LogP contribution < -0.4 is 10.6 Å². The van der Waals surface area contributed by atoms with Gasteiger partial charge in [0.05, 0.1) is 16.6 Å². The monoisotopic (exact) mass is 385 g/mol. The minimum atomic E-state index is -4.59. The van der Waals surface area contributed by atoms with Crippen molar-refractivity contribution in [3.63, 3.8) is 0 Å².